The molecule has 23 heavy (non-hydrogen) atoms. The quantitative estimate of drug-likeness (QED) is 0.550. The van der Waals surface area contributed by atoms with Crippen LogP contribution in [0.3, 0.4) is 0 Å². The molecule has 4 N–H and O–H groups in total. The highest BCUT2D eigenvalue weighted by atomic mass is 16.4. The van der Waals surface area contributed by atoms with Gasteiger partial charge in [0.25, 0.3) is 0 Å². The number of H-pyrrole nitrogens is 2. The van der Waals surface area contributed by atoms with Gasteiger partial charge >= 0.3 is 5.97 Å². The minimum atomic E-state index is -1.41. The van der Waals surface area contributed by atoms with Crippen molar-refractivity contribution in [2.45, 2.75) is 6.42 Å². The van der Waals surface area contributed by atoms with E-state index in [-0.39, 0.29) is 0 Å². The van der Waals surface area contributed by atoms with Crippen molar-refractivity contribution < 1.29 is 15.0 Å². The number of carboxylic acid groups (broad SMARTS) is 1. The first kappa shape index (κ1) is 14.4. The highest BCUT2D eigenvalue weighted by Crippen LogP contribution is 2.21. The van der Waals surface area contributed by atoms with Gasteiger partial charge in [0.2, 0.25) is 5.43 Å². The van der Waals surface area contributed by atoms with Crippen LogP contribution in [-0.4, -0.2) is 41.8 Å². The Balaban J connectivity index is 2.02. The molecular formula is C14H11N5O4. The van der Waals surface area contributed by atoms with Crippen LogP contribution in [0.25, 0.3) is 11.3 Å². The molecule has 3 rings (SSSR count). The second kappa shape index (κ2) is 5.72. The van der Waals surface area contributed by atoms with Crippen molar-refractivity contribution in [3.8, 4) is 17.0 Å². The van der Waals surface area contributed by atoms with Crippen LogP contribution in [0.5, 0.6) is 5.75 Å². The third-order valence-corrected chi connectivity index (χ3v) is 3.21. The van der Waals surface area contributed by atoms with Crippen molar-refractivity contribution in [1.29, 1.82) is 0 Å². The van der Waals surface area contributed by atoms with E-state index in [1.807, 2.05) is 6.07 Å². The zero-order valence-corrected chi connectivity index (χ0v) is 11.6. The van der Waals surface area contributed by atoms with Gasteiger partial charge in [0.15, 0.2) is 17.3 Å². The summed E-state index contributed by atoms with van der Waals surface area (Å²) in [5.74, 6) is -1.72. The summed E-state index contributed by atoms with van der Waals surface area (Å²) in [6.45, 7) is 0. The molecule has 0 radical (unpaired) electrons. The van der Waals surface area contributed by atoms with Gasteiger partial charge < -0.3 is 15.2 Å². The van der Waals surface area contributed by atoms with E-state index >= 15 is 0 Å². The molecule has 9 nitrogen and oxygen atoms in total. The summed E-state index contributed by atoms with van der Waals surface area (Å²) in [5.41, 5.74) is 0.441. The maximum atomic E-state index is 11.7. The molecule has 0 unspecified atom stereocenters. The molecule has 2 heterocycles. The number of carbonyl (C=O) groups is 1. The van der Waals surface area contributed by atoms with Crippen molar-refractivity contribution in [2.24, 2.45) is 0 Å². The second-order valence-electron chi connectivity index (χ2n) is 4.78. The first-order valence-electron chi connectivity index (χ1n) is 6.56. The van der Waals surface area contributed by atoms with Crippen molar-refractivity contribution >= 4 is 5.97 Å². The normalized spacial score (nSPS) is 10.6. The zero-order valence-electron chi connectivity index (χ0n) is 11.6. The van der Waals surface area contributed by atoms with E-state index in [2.05, 4.69) is 25.6 Å². The summed E-state index contributed by atoms with van der Waals surface area (Å²) in [4.78, 5) is 25.3. The number of aromatic carboxylic acids is 1. The number of nitrogens with zero attached hydrogens (tertiary/aromatic N) is 3. The summed E-state index contributed by atoms with van der Waals surface area (Å²) >= 11 is 0. The highest BCUT2D eigenvalue weighted by molar-refractivity contribution is 5.89. The number of hydrogen-bond acceptors (Lipinski definition) is 6. The Hall–Kier alpha value is -3.49. The van der Waals surface area contributed by atoms with Crippen molar-refractivity contribution in [1.82, 2.24) is 25.6 Å². The van der Waals surface area contributed by atoms with Gasteiger partial charge in [-0.1, -0.05) is 23.4 Å². The second-order valence-corrected chi connectivity index (χ2v) is 4.78. The molecule has 0 saturated carbocycles. The van der Waals surface area contributed by atoms with E-state index in [4.69, 9.17) is 5.11 Å². The number of tetrazole rings is 1. The number of pyridine rings is 1. The maximum absolute atomic E-state index is 11.7. The maximum Gasteiger partial charge on any atom is 0.356 e. The number of hydrogen-bond donors (Lipinski definition) is 4. The molecular weight excluding hydrogens is 302 g/mol. The monoisotopic (exact) mass is 313 g/mol. The van der Waals surface area contributed by atoms with E-state index in [1.54, 1.807) is 18.2 Å². The lowest BCUT2D eigenvalue weighted by atomic mass is 10.0. The lowest BCUT2D eigenvalue weighted by Gasteiger charge is -2.07. The minimum absolute atomic E-state index is 0.292. The average Bonchev–Trinajstić information content (AvgIpc) is 3.02. The Morgan fingerprint density at radius 2 is 2.09 bits per heavy atom. The van der Waals surface area contributed by atoms with Crippen LogP contribution in [0.1, 0.15) is 21.9 Å². The third kappa shape index (κ3) is 2.93. The Morgan fingerprint density at radius 3 is 2.78 bits per heavy atom. The van der Waals surface area contributed by atoms with Crippen LogP contribution in [0, 0.1) is 0 Å². The summed E-state index contributed by atoms with van der Waals surface area (Å²) in [5, 5.41) is 32.1. The van der Waals surface area contributed by atoms with Crippen LogP contribution in [-0.2, 0) is 6.42 Å². The largest absolute Gasteiger partial charge is 0.502 e. The Morgan fingerprint density at radius 1 is 1.26 bits per heavy atom. The fraction of sp³-hybridized carbons (Fsp3) is 0.0714. The van der Waals surface area contributed by atoms with Crippen LogP contribution >= 0.6 is 0 Å². The standard InChI is InChI=1S/C14H11N5O4/c20-10-6-9(15-12(13(10)21)14(22)23)8-3-1-2-7(4-8)5-11-16-18-19-17-11/h1-4,6,21H,5H2,(H,15,20)(H,22,23)(H,16,17,18,19). The van der Waals surface area contributed by atoms with E-state index in [1.165, 1.54) is 0 Å². The first-order valence-corrected chi connectivity index (χ1v) is 6.56. The summed E-state index contributed by atoms with van der Waals surface area (Å²) in [6.07, 6.45) is 0.429. The SMILES string of the molecule is O=C(O)c1[nH]c(-c2cccc(Cc3nn[nH]n3)c2)cc(=O)c1O. The average molecular weight is 313 g/mol. The van der Waals surface area contributed by atoms with Crippen molar-refractivity contribution in [2.75, 3.05) is 0 Å². The fourth-order valence-electron chi connectivity index (χ4n) is 2.15. The van der Waals surface area contributed by atoms with Crippen molar-refractivity contribution in [3.63, 3.8) is 0 Å². The smallest absolute Gasteiger partial charge is 0.356 e. The molecule has 0 aliphatic heterocycles. The molecule has 2 aromatic heterocycles. The minimum Gasteiger partial charge on any atom is -0.502 e. The van der Waals surface area contributed by atoms with Gasteiger partial charge in [0, 0.05) is 12.5 Å². The number of aromatic amines is 2. The first-order chi connectivity index (χ1) is 11.0. The molecule has 9 heteroatoms. The van der Waals surface area contributed by atoms with Crippen LogP contribution in [0.2, 0.25) is 0 Å². The molecule has 0 amide bonds. The molecule has 0 aliphatic rings. The van der Waals surface area contributed by atoms with Gasteiger partial charge in [0.1, 0.15) is 0 Å². The molecule has 3 aromatic rings. The van der Waals surface area contributed by atoms with E-state index in [9.17, 15) is 14.7 Å². The van der Waals surface area contributed by atoms with Gasteiger partial charge in [-0.25, -0.2) is 4.79 Å². The number of aromatic hydroxyl groups is 1. The lowest BCUT2D eigenvalue weighted by Crippen LogP contribution is -2.10. The highest BCUT2D eigenvalue weighted by Gasteiger charge is 2.15. The van der Waals surface area contributed by atoms with E-state index in [0.717, 1.165) is 11.6 Å². The number of carboxylic acids is 1. The topological polar surface area (TPSA) is 145 Å². The summed E-state index contributed by atoms with van der Waals surface area (Å²) in [6, 6.07) is 8.24. The Kier molecular flexibility index (Phi) is 3.59. The van der Waals surface area contributed by atoms with Gasteiger partial charge in [-0.3, -0.25) is 4.79 Å². The summed E-state index contributed by atoms with van der Waals surface area (Å²) in [7, 11) is 0. The molecule has 0 fully saturated rings. The molecule has 116 valence electrons. The lowest BCUT2D eigenvalue weighted by molar-refractivity contribution is 0.0687. The number of benzene rings is 1. The number of aromatic nitrogens is 5. The van der Waals surface area contributed by atoms with E-state index < -0.39 is 22.8 Å². The molecule has 0 aliphatic carbocycles. The van der Waals surface area contributed by atoms with Crippen LogP contribution < -0.4 is 5.43 Å². The van der Waals surface area contributed by atoms with Gasteiger partial charge in [-0.2, -0.15) is 5.21 Å². The molecule has 0 bridgehead atoms. The molecule has 0 atom stereocenters. The Bertz CT molecular complexity index is 917. The molecule has 0 saturated heterocycles. The molecule has 1 aromatic carbocycles. The summed E-state index contributed by atoms with van der Waals surface area (Å²) < 4.78 is 0. The van der Waals surface area contributed by atoms with E-state index in [0.29, 0.717) is 23.5 Å². The van der Waals surface area contributed by atoms with Gasteiger partial charge in [-0.05, 0) is 17.2 Å². The third-order valence-electron chi connectivity index (χ3n) is 3.21. The Labute approximate surface area is 128 Å². The fourth-order valence-corrected chi connectivity index (χ4v) is 2.15. The molecule has 0 spiro atoms. The zero-order chi connectivity index (χ0) is 16.4. The van der Waals surface area contributed by atoms with Gasteiger partial charge in [-0.15, -0.1) is 10.2 Å². The number of nitrogens with one attached hydrogen (secondary N) is 2. The number of rotatable bonds is 4. The van der Waals surface area contributed by atoms with Crippen molar-refractivity contribution in [3.05, 3.63) is 57.6 Å². The predicted molar refractivity (Wildman–Crippen MR) is 78.1 cm³/mol. The van der Waals surface area contributed by atoms with Crippen LogP contribution in [0.15, 0.2) is 35.1 Å². The predicted octanol–water partition coefficient (Wildman–Crippen LogP) is 0.550. The van der Waals surface area contributed by atoms with Crippen LogP contribution in [0.4, 0.5) is 0 Å². The van der Waals surface area contributed by atoms with Gasteiger partial charge in [0.05, 0.1) is 5.69 Å².